The average Bonchev–Trinajstić information content (AvgIpc) is 2.95. The first-order valence-corrected chi connectivity index (χ1v) is 16.9. The van der Waals surface area contributed by atoms with E-state index in [-0.39, 0.29) is 33.7 Å². The van der Waals surface area contributed by atoms with Gasteiger partial charge in [0.2, 0.25) is 5.75 Å². The lowest BCUT2D eigenvalue weighted by Gasteiger charge is -2.15. The molecule has 3 aromatic rings. The van der Waals surface area contributed by atoms with Crippen molar-refractivity contribution >= 4 is 22.7 Å². The molecule has 2 atom stereocenters. The lowest BCUT2D eigenvalue weighted by atomic mass is 9.91. The molecule has 0 aliphatic rings. The Morgan fingerprint density at radius 2 is 1.47 bits per heavy atom. The molecule has 43 heavy (non-hydrogen) atoms. The summed E-state index contributed by atoms with van der Waals surface area (Å²) in [6.45, 7) is 11.5. The summed E-state index contributed by atoms with van der Waals surface area (Å²) in [4.78, 5) is 13.5. The van der Waals surface area contributed by atoms with E-state index in [1.54, 1.807) is 11.8 Å². The zero-order chi connectivity index (χ0) is 31.5. The molecule has 2 aromatic carbocycles. The Morgan fingerprint density at radius 3 is 2.12 bits per heavy atom. The van der Waals surface area contributed by atoms with Crippen LogP contribution >= 0.6 is 11.8 Å². The Morgan fingerprint density at radius 1 is 0.837 bits per heavy atom. The molecule has 0 saturated carbocycles. The Kier molecular flexibility index (Phi) is 13.4. The zero-order valence-corrected chi connectivity index (χ0v) is 27.3. The van der Waals surface area contributed by atoms with E-state index in [1.807, 2.05) is 0 Å². The molecule has 1 aromatic heterocycles. The number of hydrogen-bond acceptors (Lipinski definition) is 7. The molecular formula is C36H50O6S. The Bertz CT molecular complexity index is 1420. The van der Waals surface area contributed by atoms with Gasteiger partial charge in [0, 0.05) is 17.1 Å². The summed E-state index contributed by atoms with van der Waals surface area (Å²) in [5, 5.41) is 40.3. The summed E-state index contributed by atoms with van der Waals surface area (Å²) in [7, 11) is 0. The third-order valence-electron chi connectivity index (χ3n) is 8.28. The summed E-state index contributed by atoms with van der Waals surface area (Å²) < 4.78 is 5.96. The van der Waals surface area contributed by atoms with Gasteiger partial charge in [-0.2, -0.15) is 11.8 Å². The van der Waals surface area contributed by atoms with Crippen molar-refractivity contribution in [2.24, 2.45) is 17.8 Å². The van der Waals surface area contributed by atoms with Gasteiger partial charge >= 0.3 is 0 Å². The normalized spacial score (nSPS) is 13.6. The lowest BCUT2D eigenvalue weighted by molar-refractivity contribution is 0.389. The fourth-order valence-electron chi connectivity index (χ4n) is 5.47. The van der Waals surface area contributed by atoms with Gasteiger partial charge in [0.15, 0.2) is 28.3 Å². The second kappa shape index (κ2) is 16.7. The molecule has 0 amide bonds. The van der Waals surface area contributed by atoms with Crippen molar-refractivity contribution in [3.8, 4) is 34.3 Å². The minimum atomic E-state index is -0.516. The number of phenols is 4. The molecule has 0 aliphatic heterocycles. The van der Waals surface area contributed by atoms with Crippen molar-refractivity contribution in [1.82, 2.24) is 0 Å². The predicted molar refractivity (Wildman–Crippen MR) is 179 cm³/mol. The largest absolute Gasteiger partial charge is 0.504 e. The van der Waals surface area contributed by atoms with Crippen molar-refractivity contribution in [1.29, 1.82) is 0 Å². The Hall–Kier alpha value is -3.06. The highest BCUT2D eigenvalue weighted by atomic mass is 32.2. The molecule has 0 aliphatic carbocycles. The van der Waals surface area contributed by atoms with Crippen LogP contribution in [0.3, 0.4) is 0 Å². The highest BCUT2D eigenvalue weighted by Crippen LogP contribution is 2.38. The second-order valence-corrected chi connectivity index (χ2v) is 13.7. The topological polar surface area (TPSA) is 111 Å². The molecule has 7 heteroatoms. The summed E-state index contributed by atoms with van der Waals surface area (Å²) in [5.41, 5.74) is 1.68. The van der Waals surface area contributed by atoms with Crippen molar-refractivity contribution in [3.05, 3.63) is 57.8 Å². The maximum Gasteiger partial charge on any atom is 0.201 e. The molecule has 1 heterocycles. The van der Waals surface area contributed by atoms with E-state index in [2.05, 4.69) is 40.7 Å². The Labute approximate surface area is 260 Å². The lowest BCUT2D eigenvalue weighted by Crippen LogP contribution is -2.10. The van der Waals surface area contributed by atoms with Crippen LogP contribution in [0.2, 0.25) is 0 Å². The van der Waals surface area contributed by atoms with Crippen LogP contribution in [0.1, 0.15) is 98.0 Å². The maximum absolute atomic E-state index is 13.5. The van der Waals surface area contributed by atoms with Gasteiger partial charge in [0.1, 0.15) is 5.76 Å². The fraction of sp³-hybridized carbons (Fsp3) is 0.528. The standard InChI is InChI=1S/C36H50O6S/c1-23(2)9-6-10-24(3)11-7-12-25(4)13-8-14-26(5)19-20-43-22-29-33(40)28-16-18-31(38)34(41)36(28)42-35(29)27-15-17-30(37)32(39)21-27/h15-19,21,23-25,37-39,41H,6-14,20,22H2,1-5H3/t24-,25-/m1/s1. The van der Waals surface area contributed by atoms with E-state index in [0.717, 1.165) is 29.9 Å². The molecule has 6 nitrogen and oxygen atoms in total. The van der Waals surface area contributed by atoms with Gasteiger partial charge in [0.25, 0.3) is 0 Å². The van der Waals surface area contributed by atoms with Crippen LogP contribution in [-0.2, 0) is 5.75 Å². The summed E-state index contributed by atoms with van der Waals surface area (Å²) in [6.07, 6.45) is 13.7. The number of phenolic OH excluding ortho intramolecular Hbond substituents is 4. The molecule has 236 valence electrons. The first-order valence-electron chi connectivity index (χ1n) is 15.7. The van der Waals surface area contributed by atoms with Crippen LogP contribution in [0.25, 0.3) is 22.3 Å². The summed E-state index contributed by atoms with van der Waals surface area (Å²) in [6, 6.07) is 6.86. The zero-order valence-electron chi connectivity index (χ0n) is 26.5. The van der Waals surface area contributed by atoms with Crippen molar-refractivity contribution in [3.63, 3.8) is 0 Å². The van der Waals surface area contributed by atoms with E-state index >= 15 is 0 Å². The van der Waals surface area contributed by atoms with Gasteiger partial charge in [-0.1, -0.05) is 84.3 Å². The van der Waals surface area contributed by atoms with E-state index in [9.17, 15) is 25.2 Å². The predicted octanol–water partition coefficient (Wildman–Crippen LogP) is 9.90. The van der Waals surface area contributed by atoms with Crippen LogP contribution in [0.4, 0.5) is 0 Å². The molecule has 0 bridgehead atoms. The van der Waals surface area contributed by atoms with Crippen LogP contribution in [0.15, 0.2) is 51.2 Å². The molecule has 4 N–H and O–H groups in total. The number of allylic oxidation sites excluding steroid dienone is 1. The molecule has 0 radical (unpaired) electrons. The Balaban J connectivity index is 1.54. The second-order valence-electron chi connectivity index (χ2n) is 12.7. The van der Waals surface area contributed by atoms with Crippen molar-refractivity contribution in [2.75, 3.05) is 5.75 Å². The molecule has 0 spiro atoms. The van der Waals surface area contributed by atoms with E-state index in [1.165, 1.54) is 87.3 Å². The SMILES string of the molecule is CC(=CCSCc1c(-c2ccc(O)c(O)c2)oc2c(O)c(O)ccc2c1=O)CCC[C@H](C)CCC[C@H](C)CCCC(C)C. The van der Waals surface area contributed by atoms with Crippen molar-refractivity contribution in [2.45, 2.75) is 98.2 Å². The smallest absolute Gasteiger partial charge is 0.201 e. The first kappa shape index (κ1) is 34.4. The van der Waals surface area contributed by atoms with Gasteiger partial charge in [0.05, 0.1) is 10.9 Å². The van der Waals surface area contributed by atoms with Crippen LogP contribution in [0.5, 0.6) is 23.0 Å². The van der Waals surface area contributed by atoms with Gasteiger partial charge in [-0.3, -0.25) is 4.79 Å². The molecule has 0 unspecified atom stereocenters. The van der Waals surface area contributed by atoms with Crippen LogP contribution in [-0.4, -0.2) is 26.2 Å². The van der Waals surface area contributed by atoms with Crippen LogP contribution in [0, 0.1) is 17.8 Å². The number of thioether (sulfide) groups is 1. The van der Waals surface area contributed by atoms with E-state index in [4.69, 9.17) is 4.42 Å². The highest BCUT2D eigenvalue weighted by molar-refractivity contribution is 7.98. The minimum absolute atomic E-state index is 0.123. The van der Waals surface area contributed by atoms with Gasteiger partial charge in [-0.15, -0.1) is 0 Å². The number of benzene rings is 2. The molecule has 3 rings (SSSR count). The quantitative estimate of drug-likeness (QED) is 0.0684. The maximum atomic E-state index is 13.5. The van der Waals surface area contributed by atoms with Gasteiger partial charge in [-0.25, -0.2) is 0 Å². The molecule has 0 fully saturated rings. The van der Waals surface area contributed by atoms with E-state index < -0.39 is 11.5 Å². The molecular weight excluding hydrogens is 560 g/mol. The third kappa shape index (κ3) is 10.3. The van der Waals surface area contributed by atoms with Gasteiger partial charge in [-0.05, 0) is 67.9 Å². The number of aromatic hydroxyl groups is 4. The fourth-order valence-corrected chi connectivity index (χ4v) is 6.46. The van der Waals surface area contributed by atoms with Crippen LogP contribution < -0.4 is 5.43 Å². The van der Waals surface area contributed by atoms with E-state index in [0.29, 0.717) is 16.9 Å². The monoisotopic (exact) mass is 610 g/mol. The number of hydrogen-bond donors (Lipinski definition) is 4. The summed E-state index contributed by atoms with van der Waals surface area (Å²) >= 11 is 1.58. The average molecular weight is 611 g/mol. The summed E-state index contributed by atoms with van der Waals surface area (Å²) in [5.74, 6) is 2.10. The number of fused-ring (bicyclic) bond motifs is 1. The molecule has 0 saturated heterocycles. The third-order valence-corrected chi connectivity index (χ3v) is 9.18. The highest BCUT2D eigenvalue weighted by Gasteiger charge is 2.20. The van der Waals surface area contributed by atoms with Gasteiger partial charge < -0.3 is 24.8 Å². The first-order chi connectivity index (χ1) is 20.5. The van der Waals surface area contributed by atoms with Crippen molar-refractivity contribution < 1.29 is 24.8 Å². The number of rotatable bonds is 17. The minimum Gasteiger partial charge on any atom is -0.504 e.